The first-order chi connectivity index (χ1) is 10.5. The number of hydrogen-bond acceptors (Lipinski definition) is 3. The Bertz CT molecular complexity index is 697. The SMILES string of the molecule is Cc1cccc(OCC(=O)NNC(=O)c2cc(Cl)cn2C)c1. The first-order valence-electron chi connectivity index (χ1n) is 6.56. The normalized spacial score (nSPS) is 10.1. The van der Waals surface area contributed by atoms with Gasteiger partial charge in [-0.05, 0) is 30.7 Å². The zero-order valence-electron chi connectivity index (χ0n) is 12.2. The van der Waals surface area contributed by atoms with E-state index in [1.165, 1.54) is 6.07 Å². The molecule has 1 aromatic heterocycles. The van der Waals surface area contributed by atoms with Gasteiger partial charge in [0.25, 0.3) is 11.8 Å². The number of halogens is 1. The molecule has 0 saturated carbocycles. The van der Waals surface area contributed by atoms with E-state index in [9.17, 15) is 9.59 Å². The van der Waals surface area contributed by atoms with Crippen molar-refractivity contribution < 1.29 is 14.3 Å². The van der Waals surface area contributed by atoms with E-state index >= 15 is 0 Å². The molecule has 1 heterocycles. The number of nitrogens with one attached hydrogen (secondary N) is 2. The zero-order chi connectivity index (χ0) is 16.1. The summed E-state index contributed by atoms with van der Waals surface area (Å²) in [6, 6.07) is 8.84. The highest BCUT2D eigenvalue weighted by atomic mass is 35.5. The molecule has 22 heavy (non-hydrogen) atoms. The molecule has 0 aliphatic rings. The Balaban J connectivity index is 1.80. The average molecular weight is 322 g/mol. The first kappa shape index (κ1) is 15.9. The lowest BCUT2D eigenvalue weighted by atomic mass is 10.2. The number of nitrogens with zero attached hydrogens (tertiary/aromatic N) is 1. The number of amides is 2. The van der Waals surface area contributed by atoms with Gasteiger partial charge in [-0.2, -0.15) is 0 Å². The van der Waals surface area contributed by atoms with Crippen LogP contribution in [-0.4, -0.2) is 23.0 Å². The summed E-state index contributed by atoms with van der Waals surface area (Å²) in [5.41, 5.74) is 5.96. The molecule has 7 heteroatoms. The second kappa shape index (κ2) is 7.00. The van der Waals surface area contributed by atoms with E-state index in [0.29, 0.717) is 16.5 Å². The van der Waals surface area contributed by atoms with E-state index < -0.39 is 11.8 Å². The van der Waals surface area contributed by atoms with E-state index in [0.717, 1.165) is 5.56 Å². The van der Waals surface area contributed by atoms with Crippen molar-refractivity contribution in [3.05, 3.63) is 52.8 Å². The topological polar surface area (TPSA) is 72.4 Å². The monoisotopic (exact) mass is 321 g/mol. The first-order valence-corrected chi connectivity index (χ1v) is 6.94. The molecule has 0 aliphatic carbocycles. The highest BCUT2D eigenvalue weighted by Gasteiger charge is 2.12. The maximum atomic E-state index is 11.9. The molecule has 0 aliphatic heterocycles. The van der Waals surface area contributed by atoms with Crippen LogP contribution in [0.3, 0.4) is 0 Å². The highest BCUT2D eigenvalue weighted by molar-refractivity contribution is 6.31. The molecule has 2 amide bonds. The van der Waals surface area contributed by atoms with Crippen molar-refractivity contribution in [2.45, 2.75) is 6.92 Å². The summed E-state index contributed by atoms with van der Waals surface area (Å²) in [5, 5.41) is 0.446. The van der Waals surface area contributed by atoms with Crippen LogP contribution < -0.4 is 15.6 Å². The van der Waals surface area contributed by atoms with E-state index in [4.69, 9.17) is 16.3 Å². The van der Waals surface area contributed by atoms with Gasteiger partial charge in [-0.25, -0.2) is 0 Å². The standard InChI is InChI=1S/C15H16ClN3O3/c1-10-4-3-5-12(6-10)22-9-14(20)17-18-15(21)13-7-11(16)8-19(13)2/h3-8H,9H2,1-2H3,(H,17,20)(H,18,21). The minimum atomic E-state index is -0.463. The lowest BCUT2D eigenvalue weighted by molar-refractivity contribution is -0.123. The number of hydrogen-bond donors (Lipinski definition) is 2. The number of rotatable bonds is 4. The van der Waals surface area contributed by atoms with Crippen LogP contribution in [-0.2, 0) is 11.8 Å². The summed E-state index contributed by atoms with van der Waals surface area (Å²) in [5.74, 6) is -0.329. The van der Waals surface area contributed by atoms with Gasteiger partial charge in [-0.3, -0.25) is 20.4 Å². The second-order valence-corrected chi connectivity index (χ2v) is 5.20. The van der Waals surface area contributed by atoms with Gasteiger partial charge in [0.05, 0.1) is 5.02 Å². The highest BCUT2D eigenvalue weighted by Crippen LogP contribution is 2.13. The molecule has 2 aromatic rings. The van der Waals surface area contributed by atoms with Crippen molar-refractivity contribution in [2.24, 2.45) is 7.05 Å². The Morgan fingerprint density at radius 2 is 2.05 bits per heavy atom. The molecule has 0 atom stereocenters. The van der Waals surface area contributed by atoms with E-state index in [1.807, 2.05) is 25.1 Å². The molecule has 0 saturated heterocycles. The Morgan fingerprint density at radius 3 is 2.68 bits per heavy atom. The fraction of sp³-hybridized carbons (Fsp3) is 0.200. The molecule has 0 unspecified atom stereocenters. The van der Waals surface area contributed by atoms with Crippen LogP contribution in [0.4, 0.5) is 0 Å². The van der Waals surface area contributed by atoms with Crippen LogP contribution in [0, 0.1) is 6.92 Å². The van der Waals surface area contributed by atoms with Gasteiger partial charge < -0.3 is 9.30 Å². The molecule has 1 aromatic carbocycles. The lowest BCUT2D eigenvalue weighted by Gasteiger charge is -2.09. The van der Waals surface area contributed by atoms with Crippen LogP contribution in [0.15, 0.2) is 36.5 Å². The van der Waals surface area contributed by atoms with Crippen molar-refractivity contribution in [3.8, 4) is 5.75 Å². The Kier molecular flexibility index (Phi) is 5.06. The number of carbonyl (C=O) groups excluding carboxylic acids is 2. The summed E-state index contributed by atoms with van der Waals surface area (Å²) in [6.45, 7) is 1.73. The fourth-order valence-electron chi connectivity index (χ4n) is 1.83. The third-order valence-corrected chi connectivity index (χ3v) is 3.09. The van der Waals surface area contributed by atoms with E-state index in [-0.39, 0.29) is 6.61 Å². The number of carbonyl (C=O) groups is 2. The maximum Gasteiger partial charge on any atom is 0.286 e. The van der Waals surface area contributed by atoms with Crippen LogP contribution in [0.2, 0.25) is 5.02 Å². The summed E-state index contributed by atoms with van der Waals surface area (Å²) < 4.78 is 6.89. The maximum absolute atomic E-state index is 11.9. The molecular formula is C15H16ClN3O3. The van der Waals surface area contributed by atoms with Gasteiger partial charge in [0, 0.05) is 13.2 Å². The summed E-state index contributed by atoms with van der Waals surface area (Å²) in [4.78, 5) is 23.5. The largest absolute Gasteiger partial charge is 0.484 e. The van der Waals surface area contributed by atoms with Crippen molar-refractivity contribution in [1.29, 1.82) is 0 Å². The molecule has 0 spiro atoms. The van der Waals surface area contributed by atoms with Gasteiger partial charge in [-0.1, -0.05) is 23.7 Å². The van der Waals surface area contributed by atoms with Gasteiger partial charge in [0.15, 0.2) is 6.61 Å². The predicted octanol–water partition coefficient (Wildman–Crippen LogP) is 1.83. The Labute approximate surface area is 133 Å². The smallest absolute Gasteiger partial charge is 0.286 e. The molecule has 2 rings (SSSR count). The van der Waals surface area contributed by atoms with Crippen LogP contribution in [0.5, 0.6) is 5.75 Å². The third kappa shape index (κ3) is 4.26. The minimum absolute atomic E-state index is 0.197. The second-order valence-electron chi connectivity index (χ2n) is 4.76. The van der Waals surface area contributed by atoms with Crippen molar-refractivity contribution in [2.75, 3.05) is 6.61 Å². The fourth-order valence-corrected chi connectivity index (χ4v) is 2.08. The third-order valence-electron chi connectivity index (χ3n) is 2.88. The van der Waals surface area contributed by atoms with Gasteiger partial charge in [-0.15, -0.1) is 0 Å². The molecule has 0 radical (unpaired) electrons. The number of hydrazine groups is 1. The van der Waals surface area contributed by atoms with Gasteiger partial charge in [0.1, 0.15) is 11.4 Å². The number of ether oxygens (including phenoxy) is 1. The predicted molar refractivity (Wildman–Crippen MR) is 82.7 cm³/mol. The van der Waals surface area contributed by atoms with E-state index in [2.05, 4.69) is 10.9 Å². The molecule has 116 valence electrons. The van der Waals surface area contributed by atoms with E-state index in [1.54, 1.807) is 23.9 Å². The van der Waals surface area contributed by atoms with Crippen LogP contribution in [0.25, 0.3) is 0 Å². The van der Waals surface area contributed by atoms with Gasteiger partial charge in [0.2, 0.25) is 0 Å². The van der Waals surface area contributed by atoms with Gasteiger partial charge >= 0.3 is 0 Å². The summed E-state index contributed by atoms with van der Waals surface area (Å²) in [6.07, 6.45) is 1.60. The molecular weight excluding hydrogens is 306 g/mol. The number of aromatic nitrogens is 1. The average Bonchev–Trinajstić information content (AvgIpc) is 2.81. The summed E-state index contributed by atoms with van der Waals surface area (Å²) in [7, 11) is 1.68. The number of aryl methyl sites for hydroxylation is 2. The zero-order valence-corrected chi connectivity index (χ0v) is 13.0. The lowest BCUT2D eigenvalue weighted by Crippen LogP contribution is -2.44. The molecule has 6 nitrogen and oxygen atoms in total. The van der Waals surface area contributed by atoms with Crippen LogP contribution >= 0.6 is 11.6 Å². The molecule has 0 fully saturated rings. The molecule has 0 bridgehead atoms. The quantitative estimate of drug-likeness (QED) is 0.844. The number of benzene rings is 1. The minimum Gasteiger partial charge on any atom is -0.484 e. The van der Waals surface area contributed by atoms with Crippen molar-refractivity contribution in [1.82, 2.24) is 15.4 Å². The van der Waals surface area contributed by atoms with Crippen molar-refractivity contribution in [3.63, 3.8) is 0 Å². The van der Waals surface area contributed by atoms with Crippen LogP contribution in [0.1, 0.15) is 16.1 Å². The Morgan fingerprint density at radius 1 is 1.27 bits per heavy atom. The summed E-state index contributed by atoms with van der Waals surface area (Å²) >= 11 is 5.79. The van der Waals surface area contributed by atoms with Crippen molar-refractivity contribution >= 4 is 23.4 Å². The molecule has 2 N–H and O–H groups in total. The Hall–Kier alpha value is -2.47.